The summed E-state index contributed by atoms with van der Waals surface area (Å²) in [7, 11) is 2.21. The van der Waals surface area contributed by atoms with E-state index in [0.29, 0.717) is 6.17 Å². The van der Waals surface area contributed by atoms with Gasteiger partial charge in [0.2, 0.25) is 0 Å². The maximum atomic E-state index is 2.54. The fourth-order valence-electron chi connectivity index (χ4n) is 2.69. The van der Waals surface area contributed by atoms with Crippen molar-refractivity contribution in [3.05, 3.63) is 12.4 Å². The van der Waals surface area contributed by atoms with E-state index in [1.54, 1.807) is 0 Å². The Morgan fingerprint density at radius 2 is 1.50 bits per heavy atom. The highest BCUT2D eigenvalue weighted by molar-refractivity contribution is 4.95. The van der Waals surface area contributed by atoms with E-state index >= 15 is 0 Å². The highest BCUT2D eigenvalue weighted by atomic mass is 15.4. The van der Waals surface area contributed by atoms with Gasteiger partial charge in [-0.15, -0.1) is 0 Å². The lowest BCUT2D eigenvalue weighted by molar-refractivity contribution is 0.159. The van der Waals surface area contributed by atoms with Gasteiger partial charge in [-0.25, -0.2) is 0 Å². The van der Waals surface area contributed by atoms with Crippen LogP contribution in [0.5, 0.6) is 0 Å². The fourth-order valence-corrected chi connectivity index (χ4v) is 2.69. The van der Waals surface area contributed by atoms with E-state index in [1.165, 1.54) is 64.3 Å². The first kappa shape index (κ1) is 15.4. The summed E-state index contributed by atoms with van der Waals surface area (Å²) in [4.78, 5) is 4.92. The molecule has 2 nitrogen and oxygen atoms in total. The zero-order chi connectivity index (χ0) is 13.2. The van der Waals surface area contributed by atoms with E-state index in [-0.39, 0.29) is 0 Å². The molecule has 18 heavy (non-hydrogen) atoms. The minimum atomic E-state index is 0.628. The molecule has 0 saturated carbocycles. The molecule has 0 bridgehead atoms. The van der Waals surface area contributed by atoms with Crippen LogP contribution < -0.4 is 0 Å². The predicted octanol–water partition coefficient (Wildman–Crippen LogP) is 4.58. The van der Waals surface area contributed by atoms with Crippen molar-refractivity contribution in [3.63, 3.8) is 0 Å². The molecule has 1 aliphatic heterocycles. The summed E-state index contributed by atoms with van der Waals surface area (Å²) in [6.07, 6.45) is 17.4. The first-order valence-electron chi connectivity index (χ1n) is 7.95. The van der Waals surface area contributed by atoms with Gasteiger partial charge in [-0.2, -0.15) is 0 Å². The summed E-state index contributed by atoms with van der Waals surface area (Å²) in [6, 6.07) is 0. The maximum absolute atomic E-state index is 2.54. The topological polar surface area (TPSA) is 6.48 Å². The highest BCUT2D eigenvalue weighted by Gasteiger charge is 2.22. The van der Waals surface area contributed by atoms with E-state index in [4.69, 9.17) is 0 Å². The summed E-state index contributed by atoms with van der Waals surface area (Å²) in [5.74, 6) is 0. The first-order chi connectivity index (χ1) is 8.79. The lowest BCUT2D eigenvalue weighted by Crippen LogP contribution is -2.36. The molecule has 1 heterocycles. The Morgan fingerprint density at radius 3 is 2.22 bits per heavy atom. The monoisotopic (exact) mass is 252 g/mol. The molecule has 1 atom stereocenters. The van der Waals surface area contributed by atoms with Crippen molar-refractivity contribution in [2.45, 2.75) is 77.8 Å². The van der Waals surface area contributed by atoms with E-state index < -0.39 is 0 Å². The molecule has 1 unspecified atom stereocenters. The SMILES string of the molecule is CCCCCCCN1C=CN(C)C1CCCCC. The van der Waals surface area contributed by atoms with Crippen LogP contribution in [0.2, 0.25) is 0 Å². The Bertz CT molecular complexity index is 225. The largest absolute Gasteiger partial charge is 0.359 e. The Hall–Kier alpha value is -0.660. The summed E-state index contributed by atoms with van der Waals surface area (Å²) < 4.78 is 0. The molecule has 0 aliphatic carbocycles. The summed E-state index contributed by atoms with van der Waals surface area (Å²) in [6.45, 7) is 5.80. The van der Waals surface area contributed by atoms with Crippen molar-refractivity contribution in [3.8, 4) is 0 Å². The van der Waals surface area contributed by atoms with Crippen molar-refractivity contribution < 1.29 is 0 Å². The molecule has 0 fully saturated rings. The number of hydrogen-bond donors (Lipinski definition) is 0. The molecule has 0 spiro atoms. The van der Waals surface area contributed by atoms with E-state index in [1.807, 2.05) is 0 Å². The third-order valence-corrected chi connectivity index (χ3v) is 3.93. The molecule has 0 aromatic heterocycles. The van der Waals surface area contributed by atoms with Crippen LogP contribution in [0.4, 0.5) is 0 Å². The summed E-state index contributed by atoms with van der Waals surface area (Å²) in [5.41, 5.74) is 0. The minimum absolute atomic E-state index is 0.628. The Morgan fingerprint density at radius 1 is 0.833 bits per heavy atom. The van der Waals surface area contributed by atoms with Crippen molar-refractivity contribution >= 4 is 0 Å². The zero-order valence-corrected chi connectivity index (χ0v) is 12.7. The number of unbranched alkanes of at least 4 members (excludes halogenated alkanes) is 6. The van der Waals surface area contributed by atoms with Crippen LogP contribution in [0.15, 0.2) is 12.4 Å². The first-order valence-corrected chi connectivity index (χ1v) is 7.95. The van der Waals surface area contributed by atoms with E-state index in [0.717, 1.165) is 0 Å². The molecule has 1 aliphatic rings. The Labute approximate surface area is 114 Å². The quantitative estimate of drug-likeness (QED) is 0.525. The zero-order valence-electron chi connectivity index (χ0n) is 12.7. The Balaban J connectivity index is 2.18. The molecule has 2 heteroatoms. The minimum Gasteiger partial charge on any atom is -0.359 e. The van der Waals surface area contributed by atoms with Gasteiger partial charge < -0.3 is 9.80 Å². The van der Waals surface area contributed by atoms with Crippen LogP contribution in [-0.2, 0) is 0 Å². The van der Waals surface area contributed by atoms with Crippen LogP contribution in [-0.4, -0.2) is 29.6 Å². The van der Waals surface area contributed by atoms with Gasteiger partial charge in [-0.1, -0.05) is 52.4 Å². The predicted molar refractivity (Wildman–Crippen MR) is 80.3 cm³/mol. The number of nitrogens with zero attached hydrogens (tertiary/aromatic N) is 2. The van der Waals surface area contributed by atoms with Crippen LogP contribution in [0.3, 0.4) is 0 Å². The number of hydrogen-bond acceptors (Lipinski definition) is 2. The van der Waals surface area contributed by atoms with E-state index in [2.05, 4.69) is 43.1 Å². The number of rotatable bonds is 10. The van der Waals surface area contributed by atoms with Gasteiger partial charge in [0, 0.05) is 26.0 Å². The standard InChI is InChI=1S/C16H32N2/c1-4-6-8-9-11-13-18-15-14-17(3)16(18)12-10-7-5-2/h14-16H,4-13H2,1-3H3. The second-order valence-electron chi connectivity index (χ2n) is 5.59. The van der Waals surface area contributed by atoms with Gasteiger partial charge in [0.1, 0.15) is 6.17 Å². The molecule has 0 radical (unpaired) electrons. The van der Waals surface area contributed by atoms with Gasteiger partial charge in [-0.05, 0) is 19.3 Å². The van der Waals surface area contributed by atoms with Gasteiger partial charge >= 0.3 is 0 Å². The molecule has 0 aromatic rings. The lowest BCUT2D eigenvalue weighted by Gasteiger charge is -2.30. The molecule has 0 saturated heterocycles. The van der Waals surface area contributed by atoms with Gasteiger partial charge in [0.05, 0.1) is 0 Å². The van der Waals surface area contributed by atoms with Crippen molar-refractivity contribution in [2.24, 2.45) is 0 Å². The van der Waals surface area contributed by atoms with Gasteiger partial charge in [-0.3, -0.25) is 0 Å². The Kier molecular flexibility index (Phi) is 7.95. The normalized spacial score (nSPS) is 18.9. The van der Waals surface area contributed by atoms with E-state index in [9.17, 15) is 0 Å². The van der Waals surface area contributed by atoms with Crippen LogP contribution in [0, 0.1) is 0 Å². The second-order valence-corrected chi connectivity index (χ2v) is 5.59. The van der Waals surface area contributed by atoms with Crippen LogP contribution >= 0.6 is 0 Å². The molecule has 1 rings (SSSR count). The van der Waals surface area contributed by atoms with Gasteiger partial charge in [0.25, 0.3) is 0 Å². The average Bonchev–Trinajstić information content (AvgIpc) is 2.71. The maximum Gasteiger partial charge on any atom is 0.100 e. The van der Waals surface area contributed by atoms with Crippen molar-refractivity contribution in [2.75, 3.05) is 13.6 Å². The molecule has 0 N–H and O–H groups in total. The summed E-state index contributed by atoms with van der Waals surface area (Å²) in [5, 5.41) is 0. The van der Waals surface area contributed by atoms with Gasteiger partial charge in [0.15, 0.2) is 0 Å². The smallest absolute Gasteiger partial charge is 0.100 e. The van der Waals surface area contributed by atoms with Crippen molar-refractivity contribution in [1.29, 1.82) is 0 Å². The lowest BCUT2D eigenvalue weighted by atomic mass is 10.1. The molecule has 106 valence electrons. The average molecular weight is 252 g/mol. The molecular formula is C16H32N2. The third kappa shape index (κ3) is 5.32. The van der Waals surface area contributed by atoms with Crippen molar-refractivity contribution in [1.82, 2.24) is 9.80 Å². The molecule has 0 amide bonds. The van der Waals surface area contributed by atoms with Crippen LogP contribution in [0.1, 0.15) is 71.6 Å². The molecular weight excluding hydrogens is 220 g/mol. The summed E-state index contributed by atoms with van der Waals surface area (Å²) >= 11 is 0. The second kappa shape index (κ2) is 9.29. The highest BCUT2D eigenvalue weighted by Crippen LogP contribution is 2.20. The molecule has 0 aromatic carbocycles. The fraction of sp³-hybridized carbons (Fsp3) is 0.875. The third-order valence-electron chi connectivity index (χ3n) is 3.93. The van der Waals surface area contributed by atoms with Crippen LogP contribution in [0.25, 0.3) is 0 Å².